The largest absolute Gasteiger partial charge is 0.494 e. The number of hydrogen-bond donors (Lipinski definition) is 0. The van der Waals surface area contributed by atoms with Crippen molar-refractivity contribution in [2.45, 2.75) is 25.6 Å². The Bertz CT molecular complexity index is 756. The van der Waals surface area contributed by atoms with Crippen LogP contribution in [0.1, 0.15) is 24.8 Å². The van der Waals surface area contributed by atoms with Crippen LogP contribution in [0.5, 0.6) is 17.2 Å². The van der Waals surface area contributed by atoms with E-state index in [1.807, 2.05) is 48.5 Å². The van der Waals surface area contributed by atoms with Gasteiger partial charge < -0.3 is 18.9 Å². The molecule has 0 aliphatic carbocycles. The van der Waals surface area contributed by atoms with E-state index in [9.17, 15) is 4.79 Å². The second-order valence-corrected chi connectivity index (χ2v) is 5.95. The monoisotopic (exact) mass is 354 g/mol. The van der Waals surface area contributed by atoms with Crippen LogP contribution >= 0.6 is 0 Å². The van der Waals surface area contributed by atoms with Crippen molar-refractivity contribution in [3.8, 4) is 17.2 Å². The Balaban J connectivity index is 1.73. The molecule has 0 unspecified atom stereocenters. The maximum absolute atomic E-state index is 11.4. The predicted octanol–water partition coefficient (Wildman–Crippen LogP) is 4.09. The molecule has 0 aromatic heterocycles. The lowest BCUT2D eigenvalue weighted by molar-refractivity contribution is -0.161. The van der Waals surface area contributed by atoms with Gasteiger partial charge in [-0.05, 0) is 36.8 Å². The Morgan fingerprint density at radius 2 is 1.96 bits per heavy atom. The summed E-state index contributed by atoms with van der Waals surface area (Å²) < 4.78 is 22.6. The molecule has 0 amide bonds. The molecule has 0 radical (unpaired) electrons. The zero-order valence-corrected chi connectivity index (χ0v) is 14.7. The van der Waals surface area contributed by atoms with Crippen LogP contribution in [0.3, 0.4) is 0 Å². The number of hydrogen-bond acceptors (Lipinski definition) is 5. The molecule has 0 N–H and O–H groups in total. The maximum Gasteiger partial charge on any atom is 0.305 e. The molecular weight excluding hydrogens is 332 g/mol. The summed E-state index contributed by atoms with van der Waals surface area (Å²) in [6, 6.07) is 15.2. The second kappa shape index (κ2) is 8.43. The van der Waals surface area contributed by atoms with Crippen molar-refractivity contribution < 1.29 is 23.7 Å². The summed E-state index contributed by atoms with van der Waals surface area (Å²) in [5, 5.41) is 0. The Hall–Kier alpha value is -2.95. The topological polar surface area (TPSA) is 54.0 Å². The molecule has 2 aromatic rings. The van der Waals surface area contributed by atoms with E-state index >= 15 is 0 Å². The Labute approximate surface area is 153 Å². The minimum absolute atomic E-state index is 0.120. The van der Waals surface area contributed by atoms with Gasteiger partial charge in [-0.15, -0.1) is 0 Å². The van der Waals surface area contributed by atoms with E-state index in [1.54, 1.807) is 6.08 Å². The minimum Gasteiger partial charge on any atom is -0.494 e. The van der Waals surface area contributed by atoms with Crippen molar-refractivity contribution in [2.24, 2.45) is 0 Å². The van der Waals surface area contributed by atoms with Crippen LogP contribution in [-0.2, 0) is 9.53 Å². The van der Waals surface area contributed by atoms with Crippen LogP contribution in [0.15, 0.2) is 61.2 Å². The lowest BCUT2D eigenvalue weighted by Gasteiger charge is -2.19. The number of rotatable bonds is 8. The lowest BCUT2D eigenvalue weighted by Crippen LogP contribution is -2.26. The summed E-state index contributed by atoms with van der Waals surface area (Å²) in [5.41, 5.74) is 0.953. The Morgan fingerprint density at radius 1 is 1.15 bits per heavy atom. The quantitative estimate of drug-likeness (QED) is 0.528. The van der Waals surface area contributed by atoms with Gasteiger partial charge in [-0.2, -0.15) is 0 Å². The van der Waals surface area contributed by atoms with E-state index < -0.39 is 6.29 Å². The zero-order valence-electron chi connectivity index (χ0n) is 14.7. The number of benzene rings is 2. The molecular formula is C21H22O5. The fraction of sp³-hybridized carbons (Fsp3) is 0.286. The van der Waals surface area contributed by atoms with Crippen molar-refractivity contribution in [2.75, 3.05) is 13.2 Å². The smallest absolute Gasteiger partial charge is 0.305 e. The first-order valence-electron chi connectivity index (χ1n) is 8.56. The molecule has 1 aliphatic heterocycles. The van der Waals surface area contributed by atoms with E-state index in [4.69, 9.17) is 18.9 Å². The third-order valence-corrected chi connectivity index (χ3v) is 4.04. The lowest BCUT2D eigenvalue weighted by atomic mass is 9.96. The predicted molar refractivity (Wildman–Crippen MR) is 97.6 cm³/mol. The first kappa shape index (κ1) is 17.9. The minimum atomic E-state index is -0.656. The van der Waals surface area contributed by atoms with Gasteiger partial charge in [-0.1, -0.05) is 30.9 Å². The second-order valence-electron chi connectivity index (χ2n) is 5.95. The molecule has 2 aromatic carbocycles. The van der Waals surface area contributed by atoms with Crippen molar-refractivity contribution >= 4 is 5.97 Å². The van der Waals surface area contributed by atoms with E-state index in [-0.39, 0.29) is 11.9 Å². The molecule has 5 nitrogen and oxygen atoms in total. The normalized spacial score (nSPS) is 17.7. The summed E-state index contributed by atoms with van der Waals surface area (Å²) in [6.45, 7) is 5.94. The third-order valence-electron chi connectivity index (χ3n) is 4.04. The van der Waals surface area contributed by atoms with E-state index in [0.29, 0.717) is 25.4 Å². The molecule has 1 aliphatic rings. The van der Waals surface area contributed by atoms with E-state index in [1.165, 1.54) is 6.92 Å². The summed E-state index contributed by atoms with van der Waals surface area (Å²) in [7, 11) is 0. The van der Waals surface area contributed by atoms with Gasteiger partial charge in [-0.25, -0.2) is 0 Å². The van der Waals surface area contributed by atoms with Gasteiger partial charge in [0.1, 0.15) is 23.9 Å². The summed E-state index contributed by atoms with van der Waals surface area (Å²) >= 11 is 0. The van der Waals surface area contributed by atoms with Crippen molar-refractivity contribution in [1.29, 1.82) is 0 Å². The molecule has 2 atom stereocenters. The molecule has 5 heteroatoms. The highest BCUT2D eigenvalue weighted by Gasteiger charge is 2.37. The van der Waals surface area contributed by atoms with Gasteiger partial charge in [0, 0.05) is 12.5 Å². The fourth-order valence-electron chi connectivity index (χ4n) is 2.90. The van der Waals surface area contributed by atoms with Gasteiger partial charge in [0.25, 0.3) is 6.29 Å². The molecule has 0 saturated carbocycles. The van der Waals surface area contributed by atoms with Crippen LogP contribution in [0.2, 0.25) is 0 Å². The van der Waals surface area contributed by atoms with Gasteiger partial charge in [0.05, 0.1) is 12.5 Å². The number of carbonyl (C=O) groups is 1. The average molecular weight is 354 g/mol. The fourth-order valence-corrected chi connectivity index (χ4v) is 2.90. The average Bonchev–Trinajstić information content (AvgIpc) is 2.97. The number of ether oxygens (including phenoxy) is 4. The van der Waals surface area contributed by atoms with E-state index in [2.05, 4.69) is 6.58 Å². The van der Waals surface area contributed by atoms with Crippen molar-refractivity contribution in [1.82, 2.24) is 0 Å². The molecule has 0 spiro atoms. The number of carbonyl (C=O) groups excluding carboxylic acids is 1. The Kier molecular flexibility index (Phi) is 5.79. The number of esters is 1. The molecule has 1 heterocycles. The first-order chi connectivity index (χ1) is 12.7. The Morgan fingerprint density at radius 3 is 2.69 bits per heavy atom. The highest BCUT2D eigenvalue weighted by Crippen LogP contribution is 2.42. The summed E-state index contributed by atoms with van der Waals surface area (Å²) in [4.78, 5) is 11.4. The molecule has 0 fully saturated rings. The highest BCUT2D eigenvalue weighted by molar-refractivity contribution is 5.66. The molecule has 3 rings (SSSR count). The molecule has 26 heavy (non-hydrogen) atoms. The summed E-state index contributed by atoms with van der Waals surface area (Å²) in [6.07, 6.45) is 1.68. The number of para-hydroxylation sites is 1. The van der Waals surface area contributed by atoms with Gasteiger partial charge in [-0.3, -0.25) is 4.79 Å². The summed E-state index contributed by atoms with van der Waals surface area (Å²) in [5.74, 6) is 1.74. The maximum atomic E-state index is 11.4. The standard InChI is InChI=1S/C21H22O5/c1-3-12-23-17-9-10-20-19(14-17)18(21(26-20)25-15(2)22)11-13-24-16-7-5-4-6-8-16/h3-10,14,18,21H,1,11-13H2,2H3/t18-,21-/m0/s1. The first-order valence-corrected chi connectivity index (χ1v) is 8.56. The van der Waals surface area contributed by atoms with Gasteiger partial charge >= 0.3 is 5.97 Å². The van der Waals surface area contributed by atoms with E-state index in [0.717, 1.165) is 17.1 Å². The van der Waals surface area contributed by atoms with Crippen molar-refractivity contribution in [3.05, 3.63) is 66.7 Å². The van der Waals surface area contributed by atoms with Crippen LogP contribution in [0, 0.1) is 0 Å². The molecule has 0 saturated heterocycles. The number of fused-ring (bicyclic) bond motifs is 1. The van der Waals surface area contributed by atoms with Crippen molar-refractivity contribution in [3.63, 3.8) is 0 Å². The molecule has 0 bridgehead atoms. The van der Waals surface area contributed by atoms with Gasteiger partial charge in [0.2, 0.25) is 0 Å². The van der Waals surface area contributed by atoms with Gasteiger partial charge in [0.15, 0.2) is 0 Å². The highest BCUT2D eigenvalue weighted by atomic mass is 16.7. The SMILES string of the molecule is C=CCOc1ccc2c(c1)[C@H](CCOc1ccccc1)[C@@H](OC(C)=O)O2. The third kappa shape index (κ3) is 4.36. The van der Waals surface area contributed by atoms with Crippen LogP contribution in [0.25, 0.3) is 0 Å². The van der Waals surface area contributed by atoms with Crippen LogP contribution < -0.4 is 14.2 Å². The zero-order chi connectivity index (χ0) is 18.4. The van der Waals surface area contributed by atoms with Crippen LogP contribution in [0.4, 0.5) is 0 Å². The molecule has 136 valence electrons. The van der Waals surface area contributed by atoms with Crippen LogP contribution in [-0.4, -0.2) is 25.5 Å².